The molecule has 0 spiro atoms. The maximum Gasteiger partial charge on any atom is 0.364 e. The highest BCUT2D eigenvalue weighted by Crippen LogP contribution is 2.32. The molecule has 2 aliphatic carbocycles. The van der Waals surface area contributed by atoms with E-state index in [4.69, 9.17) is 0 Å². The summed E-state index contributed by atoms with van der Waals surface area (Å²) in [5.41, 5.74) is -0.0741. The molecule has 24 heavy (non-hydrogen) atoms. The molecule has 3 fully saturated rings. The predicted molar refractivity (Wildman–Crippen MR) is 87.7 cm³/mol. The summed E-state index contributed by atoms with van der Waals surface area (Å²) in [6.45, 7) is 2.11. The number of piperidine rings is 1. The minimum Gasteiger partial charge on any atom is -0.352 e. The van der Waals surface area contributed by atoms with E-state index in [9.17, 15) is 9.59 Å². The van der Waals surface area contributed by atoms with E-state index < -0.39 is 0 Å². The van der Waals surface area contributed by atoms with E-state index in [1.165, 1.54) is 17.5 Å². The average Bonchev–Trinajstić information content (AvgIpc) is 3.15. The van der Waals surface area contributed by atoms with Gasteiger partial charge in [-0.05, 0) is 49.0 Å². The van der Waals surface area contributed by atoms with E-state index in [0.29, 0.717) is 12.6 Å². The smallest absolute Gasteiger partial charge is 0.352 e. The molecular weight excluding hydrogens is 308 g/mol. The molecule has 1 aromatic rings. The lowest BCUT2D eigenvalue weighted by atomic mass is 10.1. The number of carbonyl (C=O) groups is 1. The lowest BCUT2D eigenvalue weighted by molar-refractivity contribution is -0.123. The predicted octanol–water partition coefficient (Wildman–Crippen LogP) is 0.470. The Morgan fingerprint density at radius 3 is 2.12 bits per heavy atom. The van der Waals surface area contributed by atoms with Crippen molar-refractivity contribution in [2.24, 2.45) is 0 Å². The Kier molecular flexibility index (Phi) is 4.39. The summed E-state index contributed by atoms with van der Waals surface area (Å²) in [5.74, 6) is 0.136. The molecule has 1 aromatic heterocycles. The first-order chi connectivity index (χ1) is 11.7. The summed E-state index contributed by atoms with van der Waals surface area (Å²) in [6, 6.07) is 0.760. The number of hydrogen-bond donors (Lipinski definition) is 1. The normalized spacial score (nSPS) is 23.7. The molecule has 1 aliphatic heterocycles. The molecule has 1 saturated heterocycles. The number of hydrogen-bond acceptors (Lipinski definition) is 5. The first-order valence-electron chi connectivity index (χ1n) is 9.26. The van der Waals surface area contributed by atoms with E-state index in [1.54, 1.807) is 4.68 Å². The Hall–Kier alpha value is -1.70. The fraction of sp³-hybridized carbons (Fsp3) is 0.875. The lowest BCUT2D eigenvalue weighted by Gasteiger charge is -2.31. The fourth-order valence-corrected chi connectivity index (χ4v) is 3.91. The third-order valence-corrected chi connectivity index (χ3v) is 5.51. The number of amides is 1. The molecule has 0 aromatic carbocycles. The van der Waals surface area contributed by atoms with E-state index >= 15 is 0 Å². The summed E-state index contributed by atoms with van der Waals surface area (Å²) in [5, 5.41) is 11.2. The van der Waals surface area contributed by atoms with Gasteiger partial charge in [-0.25, -0.2) is 4.79 Å². The van der Waals surface area contributed by atoms with E-state index in [-0.39, 0.29) is 23.7 Å². The van der Waals surface area contributed by atoms with E-state index in [2.05, 4.69) is 20.6 Å². The second kappa shape index (κ2) is 6.66. The van der Waals surface area contributed by atoms with Crippen LogP contribution in [0.25, 0.3) is 0 Å². The molecule has 0 radical (unpaired) electrons. The van der Waals surface area contributed by atoms with Crippen LogP contribution in [-0.2, 0) is 4.79 Å². The number of nitrogens with one attached hydrogen (secondary N) is 1. The van der Waals surface area contributed by atoms with Crippen LogP contribution in [0.4, 0.5) is 0 Å². The van der Waals surface area contributed by atoms with Crippen LogP contribution in [0.5, 0.6) is 0 Å². The Morgan fingerprint density at radius 2 is 1.54 bits per heavy atom. The quantitative estimate of drug-likeness (QED) is 0.846. The SMILES string of the molecule is O=C(CN1CCC(n2nnn(C3CC3)c2=O)CC1)NC1CCCC1. The number of rotatable bonds is 5. The lowest BCUT2D eigenvalue weighted by Crippen LogP contribution is -2.45. The summed E-state index contributed by atoms with van der Waals surface area (Å²) >= 11 is 0. The van der Waals surface area contributed by atoms with Crippen LogP contribution in [0.15, 0.2) is 4.79 Å². The Morgan fingerprint density at radius 1 is 0.958 bits per heavy atom. The van der Waals surface area contributed by atoms with Crippen molar-refractivity contribution in [1.82, 2.24) is 30.0 Å². The molecule has 2 heterocycles. The van der Waals surface area contributed by atoms with Crippen molar-refractivity contribution < 1.29 is 4.79 Å². The number of nitrogens with zero attached hydrogens (tertiary/aromatic N) is 5. The molecule has 1 N–H and O–H groups in total. The van der Waals surface area contributed by atoms with E-state index in [0.717, 1.165) is 51.6 Å². The molecular formula is C16H26N6O2. The van der Waals surface area contributed by atoms with Crippen LogP contribution in [0.2, 0.25) is 0 Å². The van der Waals surface area contributed by atoms with Crippen LogP contribution < -0.4 is 11.0 Å². The van der Waals surface area contributed by atoms with Crippen LogP contribution in [0, 0.1) is 0 Å². The largest absolute Gasteiger partial charge is 0.364 e. The van der Waals surface area contributed by atoms with Crippen molar-refractivity contribution in [2.75, 3.05) is 19.6 Å². The molecule has 8 heteroatoms. The Balaban J connectivity index is 1.27. The second-order valence-corrected chi connectivity index (χ2v) is 7.44. The molecule has 1 amide bonds. The number of carbonyl (C=O) groups excluding carboxylic acids is 1. The van der Waals surface area contributed by atoms with Gasteiger partial charge in [-0.15, -0.1) is 0 Å². The van der Waals surface area contributed by atoms with Crippen molar-refractivity contribution in [3.05, 3.63) is 10.5 Å². The summed E-state index contributed by atoms with van der Waals surface area (Å²) < 4.78 is 3.08. The van der Waals surface area contributed by atoms with Crippen LogP contribution >= 0.6 is 0 Å². The molecule has 8 nitrogen and oxygen atoms in total. The Bertz CT molecular complexity index is 635. The van der Waals surface area contributed by atoms with Gasteiger partial charge in [0.2, 0.25) is 5.91 Å². The molecule has 132 valence electrons. The van der Waals surface area contributed by atoms with Crippen molar-refractivity contribution in [1.29, 1.82) is 0 Å². The van der Waals surface area contributed by atoms with Gasteiger partial charge in [-0.3, -0.25) is 9.69 Å². The summed E-state index contributed by atoms with van der Waals surface area (Å²) in [7, 11) is 0. The van der Waals surface area contributed by atoms with Gasteiger partial charge in [0.25, 0.3) is 0 Å². The topological polar surface area (TPSA) is 85.1 Å². The average molecular weight is 334 g/mol. The molecule has 2 saturated carbocycles. The highest BCUT2D eigenvalue weighted by Gasteiger charge is 2.31. The minimum atomic E-state index is -0.0741. The highest BCUT2D eigenvalue weighted by molar-refractivity contribution is 5.78. The summed E-state index contributed by atoms with van der Waals surface area (Å²) in [4.78, 5) is 26.6. The van der Waals surface area contributed by atoms with Crippen LogP contribution in [0.3, 0.4) is 0 Å². The van der Waals surface area contributed by atoms with Gasteiger partial charge in [0.1, 0.15) is 0 Å². The van der Waals surface area contributed by atoms with Gasteiger partial charge in [0.05, 0.1) is 18.6 Å². The van der Waals surface area contributed by atoms with Gasteiger partial charge in [0.15, 0.2) is 0 Å². The van der Waals surface area contributed by atoms with Gasteiger partial charge in [-0.1, -0.05) is 12.8 Å². The van der Waals surface area contributed by atoms with Crippen molar-refractivity contribution >= 4 is 5.91 Å². The van der Waals surface area contributed by atoms with Crippen molar-refractivity contribution in [3.8, 4) is 0 Å². The maximum absolute atomic E-state index is 12.3. The Labute approximate surface area is 141 Å². The molecule has 0 atom stereocenters. The van der Waals surface area contributed by atoms with E-state index in [1.807, 2.05) is 0 Å². The van der Waals surface area contributed by atoms with Crippen LogP contribution in [0.1, 0.15) is 63.5 Å². The molecule has 4 rings (SSSR count). The molecule has 0 unspecified atom stereocenters. The zero-order valence-corrected chi connectivity index (χ0v) is 14.1. The third kappa shape index (κ3) is 3.38. The minimum absolute atomic E-state index is 0.0741. The van der Waals surface area contributed by atoms with Crippen molar-refractivity contribution in [2.45, 2.75) is 69.5 Å². The highest BCUT2D eigenvalue weighted by atomic mass is 16.2. The number of aromatic nitrogens is 4. The number of tetrazole rings is 1. The van der Waals surface area contributed by atoms with Gasteiger partial charge in [0, 0.05) is 19.1 Å². The zero-order valence-electron chi connectivity index (χ0n) is 14.1. The zero-order chi connectivity index (χ0) is 16.5. The van der Waals surface area contributed by atoms with Gasteiger partial charge < -0.3 is 5.32 Å². The molecule has 3 aliphatic rings. The van der Waals surface area contributed by atoms with Crippen molar-refractivity contribution in [3.63, 3.8) is 0 Å². The maximum atomic E-state index is 12.3. The van der Waals surface area contributed by atoms with Gasteiger partial charge in [-0.2, -0.15) is 9.36 Å². The molecule has 0 bridgehead atoms. The standard InChI is InChI=1S/C16H26N6O2/c23-15(17-12-3-1-2-4-12)11-20-9-7-14(8-10-20)22-16(24)21(18-19-22)13-5-6-13/h12-14H,1-11H2,(H,17,23). The van der Waals surface area contributed by atoms with Crippen LogP contribution in [-0.4, -0.2) is 56.3 Å². The first-order valence-corrected chi connectivity index (χ1v) is 9.26. The number of likely N-dealkylation sites (tertiary alicyclic amines) is 1. The second-order valence-electron chi connectivity index (χ2n) is 7.44. The summed E-state index contributed by atoms with van der Waals surface area (Å²) in [6.07, 6.45) is 8.46. The van der Waals surface area contributed by atoms with Gasteiger partial charge >= 0.3 is 5.69 Å². The monoisotopic (exact) mass is 334 g/mol. The first kappa shape index (κ1) is 15.8. The third-order valence-electron chi connectivity index (χ3n) is 5.51. The fourth-order valence-electron chi connectivity index (χ4n) is 3.91.